The predicted octanol–water partition coefficient (Wildman–Crippen LogP) is 5.18. The number of rotatable bonds is 4. The maximum atomic E-state index is 13.0. The van der Waals surface area contributed by atoms with E-state index in [4.69, 9.17) is 16.3 Å². The minimum absolute atomic E-state index is 0.120. The summed E-state index contributed by atoms with van der Waals surface area (Å²) in [5, 5.41) is -0.120. The Morgan fingerprint density at radius 2 is 1.95 bits per heavy atom. The van der Waals surface area contributed by atoms with Crippen LogP contribution in [0.25, 0.3) is 12.2 Å². The first-order chi connectivity index (χ1) is 10.0. The summed E-state index contributed by atoms with van der Waals surface area (Å²) < 4.78 is 18.5. The van der Waals surface area contributed by atoms with Crippen molar-refractivity contribution in [3.8, 4) is 5.75 Å². The number of hydrogen-bond acceptors (Lipinski definition) is 2. The first kappa shape index (κ1) is 15.5. The average Bonchev–Trinajstić information content (AvgIpc) is 2.48. The van der Waals surface area contributed by atoms with Crippen molar-refractivity contribution in [1.82, 2.24) is 4.98 Å². The summed E-state index contributed by atoms with van der Waals surface area (Å²) in [7, 11) is 1.66. The number of methoxy groups -OCH3 is 1. The van der Waals surface area contributed by atoms with Gasteiger partial charge in [0.15, 0.2) is 11.0 Å². The van der Waals surface area contributed by atoms with Gasteiger partial charge in [-0.05, 0) is 41.3 Å². The molecule has 1 aromatic heterocycles. The topological polar surface area (TPSA) is 22.1 Å². The van der Waals surface area contributed by atoms with E-state index >= 15 is 0 Å². The van der Waals surface area contributed by atoms with E-state index in [0.29, 0.717) is 11.6 Å². The largest absolute Gasteiger partial charge is 0.496 e. The molecular weight excluding hydrogens is 289 g/mol. The highest BCUT2D eigenvalue weighted by atomic mass is 35.5. The molecule has 0 radical (unpaired) electrons. The summed E-state index contributed by atoms with van der Waals surface area (Å²) in [5.74, 6) is 0.740. The van der Waals surface area contributed by atoms with Crippen LogP contribution in [-0.4, -0.2) is 12.1 Å². The van der Waals surface area contributed by atoms with Crippen LogP contribution in [0.4, 0.5) is 4.39 Å². The quantitative estimate of drug-likeness (QED) is 0.726. The van der Waals surface area contributed by atoms with Crippen molar-refractivity contribution < 1.29 is 9.13 Å². The van der Waals surface area contributed by atoms with E-state index in [1.54, 1.807) is 19.3 Å². The van der Waals surface area contributed by atoms with Crippen LogP contribution in [0, 0.1) is 5.82 Å². The fourth-order valence-corrected chi connectivity index (χ4v) is 2.17. The predicted molar refractivity (Wildman–Crippen MR) is 85.2 cm³/mol. The summed E-state index contributed by atoms with van der Waals surface area (Å²) in [6.45, 7) is 4.25. The molecule has 2 nitrogen and oxygen atoms in total. The van der Waals surface area contributed by atoms with E-state index in [1.165, 1.54) is 6.07 Å². The van der Waals surface area contributed by atoms with Crippen molar-refractivity contribution in [2.75, 3.05) is 7.11 Å². The van der Waals surface area contributed by atoms with Crippen molar-refractivity contribution in [1.29, 1.82) is 0 Å². The average molecular weight is 306 g/mol. The van der Waals surface area contributed by atoms with Gasteiger partial charge >= 0.3 is 0 Å². The van der Waals surface area contributed by atoms with Crippen molar-refractivity contribution >= 4 is 23.8 Å². The van der Waals surface area contributed by atoms with E-state index in [1.807, 2.05) is 24.3 Å². The zero-order chi connectivity index (χ0) is 15.4. The van der Waals surface area contributed by atoms with Gasteiger partial charge in [-0.1, -0.05) is 43.7 Å². The molecule has 21 heavy (non-hydrogen) atoms. The fourth-order valence-electron chi connectivity index (χ4n) is 2.01. The highest BCUT2D eigenvalue weighted by Crippen LogP contribution is 2.28. The Kier molecular flexibility index (Phi) is 4.97. The van der Waals surface area contributed by atoms with Crippen molar-refractivity contribution in [2.45, 2.75) is 19.8 Å². The first-order valence-electron chi connectivity index (χ1n) is 6.69. The maximum absolute atomic E-state index is 13.0. The molecule has 4 heteroatoms. The number of hydrogen-bond donors (Lipinski definition) is 0. The zero-order valence-corrected chi connectivity index (χ0v) is 13.0. The van der Waals surface area contributed by atoms with Crippen LogP contribution in [0.5, 0.6) is 5.75 Å². The molecule has 0 aliphatic rings. The van der Waals surface area contributed by atoms with Crippen LogP contribution in [0.15, 0.2) is 30.3 Å². The highest BCUT2D eigenvalue weighted by Gasteiger charge is 2.07. The van der Waals surface area contributed by atoms with E-state index < -0.39 is 5.82 Å². The molecule has 0 saturated carbocycles. The summed E-state index contributed by atoms with van der Waals surface area (Å²) in [6.07, 6.45) is 3.68. The van der Waals surface area contributed by atoms with Gasteiger partial charge in [0.2, 0.25) is 0 Å². The number of pyridine rings is 1. The Morgan fingerprint density at radius 3 is 2.57 bits per heavy atom. The van der Waals surface area contributed by atoms with Gasteiger partial charge in [-0.25, -0.2) is 9.37 Å². The lowest BCUT2D eigenvalue weighted by atomic mass is 10.00. The van der Waals surface area contributed by atoms with Crippen LogP contribution in [-0.2, 0) is 0 Å². The molecule has 2 aromatic rings. The van der Waals surface area contributed by atoms with Gasteiger partial charge in [0.25, 0.3) is 0 Å². The Balaban J connectivity index is 2.26. The van der Waals surface area contributed by atoms with Crippen molar-refractivity contribution in [3.05, 3.63) is 58.1 Å². The molecule has 1 heterocycles. The maximum Gasteiger partial charge on any atom is 0.165 e. The molecule has 0 bridgehead atoms. The Morgan fingerprint density at radius 1 is 1.19 bits per heavy atom. The molecule has 0 atom stereocenters. The lowest BCUT2D eigenvalue weighted by molar-refractivity contribution is 0.407. The van der Waals surface area contributed by atoms with Crippen LogP contribution in [0.1, 0.15) is 36.6 Å². The fraction of sp³-hybridized carbons (Fsp3) is 0.235. The molecule has 2 rings (SSSR count). The minimum atomic E-state index is -0.517. The summed E-state index contributed by atoms with van der Waals surface area (Å²) in [4.78, 5) is 3.95. The van der Waals surface area contributed by atoms with Crippen LogP contribution < -0.4 is 4.74 Å². The third kappa shape index (κ3) is 3.82. The third-order valence-electron chi connectivity index (χ3n) is 3.15. The second-order valence-electron chi connectivity index (χ2n) is 5.00. The first-order valence-corrected chi connectivity index (χ1v) is 7.07. The number of halogens is 2. The summed E-state index contributed by atoms with van der Waals surface area (Å²) in [5.41, 5.74) is 2.75. The molecule has 0 spiro atoms. The zero-order valence-electron chi connectivity index (χ0n) is 12.2. The monoisotopic (exact) mass is 305 g/mol. The molecule has 0 N–H and O–H groups in total. The second kappa shape index (κ2) is 6.72. The molecule has 0 unspecified atom stereocenters. The van der Waals surface area contributed by atoms with Crippen LogP contribution in [0.2, 0.25) is 5.15 Å². The van der Waals surface area contributed by atoms with E-state index in [2.05, 4.69) is 18.8 Å². The Bertz CT molecular complexity index is 668. The smallest absolute Gasteiger partial charge is 0.165 e. The Labute approximate surface area is 129 Å². The molecule has 0 fully saturated rings. The summed E-state index contributed by atoms with van der Waals surface area (Å²) >= 11 is 5.66. The lowest BCUT2D eigenvalue weighted by Gasteiger charge is -2.12. The van der Waals surface area contributed by atoms with Gasteiger partial charge in [0.05, 0.1) is 12.8 Å². The number of aromatic nitrogens is 1. The van der Waals surface area contributed by atoms with Gasteiger partial charge in [-0.15, -0.1) is 0 Å². The standard InChI is InChI=1S/C17H17ClFNO/c1-11(2)14-8-5-12(10-16(14)21-3)4-6-13-7-9-15(19)17(18)20-13/h4-11H,1-3H3/b6-4+. The van der Waals surface area contributed by atoms with E-state index in [9.17, 15) is 4.39 Å². The van der Waals surface area contributed by atoms with Crippen LogP contribution >= 0.6 is 11.6 Å². The van der Waals surface area contributed by atoms with Gasteiger partial charge in [-0.3, -0.25) is 0 Å². The number of ether oxygens (including phenoxy) is 1. The molecular formula is C17H17ClFNO. The summed E-state index contributed by atoms with van der Waals surface area (Å²) in [6, 6.07) is 8.92. The highest BCUT2D eigenvalue weighted by molar-refractivity contribution is 6.29. The molecule has 0 aliphatic heterocycles. The minimum Gasteiger partial charge on any atom is -0.496 e. The van der Waals surface area contributed by atoms with Crippen molar-refractivity contribution in [3.63, 3.8) is 0 Å². The van der Waals surface area contributed by atoms with E-state index in [-0.39, 0.29) is 5.15 Å². The third-order valence-corrected chi connectivity index (χ3v) is 3.42. The SMILES string of the molecule is COc1cc(/C=C/c2ccc(F)c(Cl)n2)ccc1C(C)C. The van der Waals surface area contributed by atoms with Crippen molar-refractivity contribution in [2.24, 2.45) is 0 Å². The van der Waals surface area contributed by atoms with E-state index in [0.717, 1.165) is 16.9 Å². The normalized spacial score (nSPS) is 11.3. The molecule has 1 aromatic carbocycles. The van der Waals surface area contributed by atoms with Gasteiger partial charge < -0.3 is 4.74 Å². The van der Waals surface area contributed by atoms with Gasteiger partial charge in [0.1, 0.15) is 5.75 Å². The Hall–Kier alpha value is -1.87. The molecule has 110 valence electrons. The van der Waals surface area contributed by atoms with Crippen LogP contribution in [0.3, 0.4) is 0 Å². The molecule has 0 saturated heterocycles. The number of nitrogens with zero attached hydrogens (tertiary/aromatic N) is 1. The van der Waals surface area contributed by atoms with Gasteiger partial charge in [0, 0.05) is 0 Å². The molecule has 0 aliphatic carbocycles. The van der Waals surface area contributed by atoms with Gasteiger partial charge in [-0.2, -0.15) is 0 Å². The lowest BCUT2D eigenvalue weighted by Crippen LogP contribution is -1.94. The second-order valence-corrected chi connectivity index (χ2v) is 5.36. The number of benzene rings is 1. The molecule has 0 amide bonds.